The number of benzene rings is 2. The number of carboxylic acids is 3. The van der Waals surface area contributed by atoms with Crippen LogP contribution in [0.2, 0.25) is 0 Å². The van der Waals surface area contributed by atoms with Gasteiger partial charge in [-0.3, -0.25) is 62.5 Å². The van der Waals surface area contributed by atoms with Crippen LogP contribution >= 0.6 is 0 Å². The Hall–Kier alpha value is -9.62. The Labute approximate surface area is 475 Å². The molecular formula is C51H74N14O18. The molecule has 2 aromatic carbocycles. The number of nitrogens with two attached hydrogens (primary N) is 5. The average Bonchev–Trinajstić information content (AvgIpc) is 3.41. The highest BCUT2D eigenvalue weighted by molar-refractivity contribution is 5.98. The maximum Gasteiger partial charge on any atom is 0.326 e. The number of hydrogen-bond acceptors (Lipinski definition) is 17. The van der Waals surface area contributed by atoms with Gasteiger partial charge in [0.05, 0.1) is 19.0 Å². The highest BCUT2D eigenvalue weighted by atomic mass is 16.4. The van der Waals surface area contributed by atoms with Crippen LogP contribution in [0.5, 0.6) is 11.5 Å². The number of guanidine groups is 1. The molecule has 32 nitrogen and oxygen atoms in total. The van der Waals surface area contributed by atoms with E-state index in [-0.39, 0.29) is 62.0 Å². The van der Waals surface area contributed by atoms with Crippen LogP contribution in [-0.4, -0.2) is 170 Å². The molecule has 456 valence electrons. The fourth-order valence-electron chi connectivity index (χ4n) is 7.74. The summed E-state index contributed by atoms with van der Waals surface area (Å²) < 4.78 is 0. The third kappa shape index (κ3) is 27.9. The van der Waals surface area contributed by atoms with Crippen molar-refractivity contribution in [1.82, 2.24) is 42.5 Å². The Kier molecular flexibility index (Phi) is 29.5. The highest BCUT2D eigenvalue weighted by Crippen LogP contribution is 2.15. The zero-order valence-electron chi connectivity index (χ0n) is 45.6. The molecule has 83 heavy (non-hydrogen) atoms. The summed E-state index contributed by atoms with van der Waals surface area (Å²) in [5.74, 6) is -15.9. The molecule has 10 amide bonds. The lowest BCUT2D eigenvalue weighted by Crippen LogP contribution is -2.60. The summed E-state index contributed by atoms with van der Waals surface area (Å²) in [7, 11) is 0. The van der Waals surface area contributed by atoms with E-state index in [4.69, 9.17) is 28.7 Å². The van der Waals surface area contributed by atoms with Gasteiger partial charge in [0, 0.05) is 38.6 Å². The SMILES string of the molecule is CC(C)C[C@H](N)C(=O)N[C@@H](CC(=O)O)C(=O)N[C@@H](CCCN=C(N)N)C(=O)N[C@@H](CCC(=O)O)C(=O)N[C@@H](CCC(N)=O)C(=O)N[C@@H](Cc1ccc(O)cc1)C(=O)NCC(=O)N[C@@H](CCC(N)=O)C(=O)N[C@@H](Cc1ccc(O)cc1)C(=O)O. The number of aliphatic carboxylic acids is 3. The maximum atomic E-state index is 14.2. The largest absolute Gasteiger partial charge is 0.508 e. The molecule has 0 spiro atoms. The van der Waals surface area contributed by atoms with Crippen LogP contribution in [0.1, 0.15) is 89.2 Å². The fourth-order valence-corrected chi connectivity index (χ4v) is 7.74. The van der Waals surface area contributed by atoms with Gasteiger partial charge in [-0.2, -0.15) is 0 Å². The van der Waals surface area contributed by atoms with Crippen molar-refractivity contribution < 1.29 is 87.9 Å². The van der Waals surface area contributed by atoms with Crippen molar-refractivity contribution in [2.24, 2.45) is 39.6 Å². The quantitative estimate of drug-likeness (QED) is 0.0170. The second-order valence-corrected chi connectivity index (χ2v) is 19.5. The van der Waals surface area contributed by atoms with Crippen LogP contribution in [0.25, 0.3) is 0 Å². The number of carbonyl (C=O) groups is 13. The molecule has 0 fully saturated rings. The summed E-state index contributed by atoms with van der Waals surface area (Å²) in [5, 5.41) is 67.0. The van der Waals surface area contributed by atoms with Crippen molar-refractivity contribution in [2.75, 3.05) is 13.1 Å². The molecule has 0 aliphatic heterocycles. The zero-order valence-corrected chi connectivity index (χ0v) is 45.6. The number of hydrogen-bond donors (Lipinski definition) is 18. The van der Waals surface area contributed by atoms with Gasteiger partial charge in [0.15, 0.2) is 5.96 Å². The summed E-state index contributed by atoms with van der Waals surface area (Å²) in [6.07, 6.45) is -5.31. The van der Waals surface area contributed by atoms with Crippen molar-refractivity contribution in [1.29, 1.82) is 0 Å². The Balaban J connectivity index is 2.47. The minimum Gasteiger partial charge on any atom is -0.508 e. The van der Waals surface area contributed by atoms with E-state index in [2.05, 4.69) is 47.5 Å². The van der Waals surface area contributed by atoms with Crippen molar-refractivity contribution in [3.8, 4) is 11.5 Å². The first-order valence-electron chi connectivity index (χ1n) is 25.9. The molecule has 0 unspecified atom stereocenters. The molecule has 0 saturated carbocycles. The topological polar surface area (TPSA) is 562 Å². The van der Waals surface area contributed by atoms with Gasteiger partial charge in [-0.1, -0.05) is 38.1 Å². The van der Waals surface area contributed by atoms with E-state index in [1.807, 2.05) is 0 Å². The van der Waals surface area contributed by atoms with Crippen molar-refractivity contribution in [2.45, 2.75) is 139 Å². The van der Waals surface area contributed by atoms with E-state index in [0.717, 1.165) is 0 Å². The number of carbonyl (C=O) groups excluding carboxylic acids is 10. The molecule has 0 radical (unpaired) electrons. The van der Waals surface area contributed by atoms with E-state index in [0.29, 0.717) is 11.1 Å². The van der Waals surface area contributed by atoms with Gasteiger partial charge in [-0.05, 0) is 79.8 Å². The number of phenolic OH excluding ortho intramolecular Hbond substituents is 2. The number of rotatable bonds is 38. The van der Waals surface area contributed by atoms with Crippen LogP contribution < -0.4 is 71.2 Å². The van der Waals surface area contributed by atoms with Crippen molar-refractivity contribution in [3.05, 3.63) is 59.7 Å². The second-order valence-electron chi connectivity index (χ2n) is 19.5. The molecule has 2 rings (SSSR count). The van der Waals surface area contributed by atoms with Gasteiger partial charge in [0.25, 0.3) is 0 Å². The molecule has 0 aliphatic carbocycles. The van der Waals surface area contributed by atoms with Crippen LogP contribution in [0, 0.1) is 5.92 Å². The number of nitrogens with zero attached hydrogens (tertiary/aromatic N) is 1. The van der Waals surface area contributed by atoms with Gasteiger partial charge in [0.1, 0.15) is 53.8 Å². The van der Waals surface area contributed by atoms with E-state index >= 15 is 0 Å². The van der Waals surface area contributed by atoms with Crippen LogP contribution in [0.15, 0.2) is 53.5 Å². The normalized spacial score (nSPS) is 13.7. The Morgan fingerprint density at radius 2 is 0.880 bits per heavy atom. The summed E-state index contributed by atoms with van der Waals surface area (Å²) in [6, 6.07) is -2.41. The fraction of sp³-hybridized carbons (Fsp3) is 0.490. The number of amides is 10. The van der Waals surface area contributed by atoms with Gasteiger partial charge in [-0.15, -0.1) is 0 Å². The predicted octanol–water partition coefficient (Wildman–Crippen LogP) is -5.23. The highest BCUT2D eigenvalue weighted by Gasteiger charge is 2.35. The third-order valence-electron chi connectivity index (χ3n) is 12.0. The molecule has 0 bridgehead atoms. The van der Waals surface area contributed by atoms with E-state index in [9.17, 15) is 87.9 Å². The third-order valence-corrected chi connectivity index (χ3v) is 12.0. The molecule has 32 heteroatoms. The van der Waals surface area contributed by atoms with E-state index in [1.54, 1.807) is 13.8 Å². The monoisotopic (exact) mass is 1170 g/mol. The number of primary amides is 2. The first kappa shape index (κ1) is 69.5. The lowest BCUT2D eigenvalue weighted by Gasteiger charge is -2.27. The maximum absolute atomic E-state index is 14.2. The van der Waals surface area contributed by atoms with E-state index < -0.39 is 177 Å². The minimum absolute atomic E-state index is 0.0378. The summed E-state index contributed by atoms with van der Waals surface area (Å²) in [5.41, 5.74) is 28.1. The molecule has 0 aromatic heterocycles. The number of aliphatic imine (C=N–C) groups is 1. The van der Waals surface area contributed by atoms with E-state index in [1.165, 1.54) is 48.5 Å². The Bertz CT molecular complexity index is 2650. The van der Waals surface area contributed by atoms with Crippen LogP contribution in [-0.2, 0) is 75.2 Å². The number of carboxylic acid groups (broad SMARTS) is 3. The lowest BCUT2D eigenvalue weighted by atomic mass is 10.0. The lowest BCUT2D eigenvalue weighted by molar-refractivity contribution is -0.142. The molecule has 2 aromatic rings. The number of aromatic hydroxyl groups is 2. The van der Waals surface area contributed by atoms with Crippen LogP contribution in [0.4, 0.5) is 0 Å². The van der Waals surface area contributed by atoms with Gasteiger partial charge >= 0.3 is 17.9 Å². The minimum atomic E-state index is -1.85. The zero-order chi connectivity index (χ0) is 62.5. The van der Waals surface area contributed by atoms with Gasteiger partial charge in [-0.25, -0.2) is 4.79 Å². The standard InChI is InChI=1S/C51H74N14O18/c1-25(2)20-30(52)43(75)63-36(23-42(73)74)49(81)60-31(4-3-19-57-51(55)56)45(77)62-34(15-18-41(71)72)47(79)61-33(14-17-39(54)69)48(80)64-35(21-26-5-9-28(66)10-6-26)44(76)58-24-40(70)59-32(13-16-38(53)68)46(78)65-37(50(82)83)22-27-7-11-29(67)12-8-27/h5-12,25,30-37,66-67H,3-4,13-24,52H2,1-2H3,(H2,53,68)(H2,54,69)(H,58,76)(H,59,70)(H,60,81)(H,61,79)(H,62,77)(H,63,75)(H,64,80)(H,65,78)(H,71,72)(H,73,74)(H,82,83)(H4,55,56,57)/t30-,31-,32-,33-,34-,35-,36-,37-/m0/s1. The molecule has 8 atom stereocenters. The molecule has 0 aliphatic rings. The summed E-state index contributed by atoms with van der Waals surface area (Å²) in [4.78, 5) is 173. The predicted molar refractivity (Wildman–Crippen MR) is 291 cm³/mol. The average molecular weight is 1170 g/mol. The first-order chi connectivity index (χ1) is 38.9. The second kappa shape index (κ2) is 35.2. The molecule has 0 heterocycles. The summed E-state index contributed by atoms with van der Waals surface area (Å²) >= 11 is 0. The van der Waals surface area contributed by atoms with Crippen molar-refractivity contribution in [3.63, 3.8) is 0 Å². The molecular weight excluding hydrogens is 1100 g/mol. The van der Waals surface area contributed by atoms with Crippen molar-refractivity contribution >= 4 is 82.9 Å². The summed E-state index contributed by atoms with van der Waals surface area (Å²) in [6.45, 7) is 2.50. The number of nitrogens with one attached hydrogen (secondary N) is 8. The first-order valence-corrected chi connectivity index (χ1v) is 25.9. The van der Waals surface area contributed by atoms with Gasteiger partial charge in [0.2, 0.25) is 59.1 Å². The molecule has 23 N–H and O–H groups in total. The Morgan fingerprint density at radius 1 is 0.482 bits per heavy atom. The Morgan fingerprint density at radius 3 is 1.30 bits per heavy atom. The number of phenols is 2. The molecule has 0 saturated heterocycles. The van der Waals surface area contributed by atoms with Gasteiger partial charge < -0.3 is 96.7 Å². The smallest absolute Gasteiger partial charge is 0.326 e. The van der Waals surface area contributed by atoms with Crippen LogP contribution in [0.3, 0.4) is 0 Å².